The molecule has 1 aliphatic rings. The molecule has 0 atom stereocenters. The molecule has 3 nitrogen and oxygen atoms in total. The van der Waals surface area contributed by atoms with Gasteiger partial charge in [-0.05, 0) is 29.5 Å². The number of rotatable bonds is 1. The number of hydrogen-bond donors (Lipinski definition) is 1. The standard InChI is InChI=1S/C10H7NO.C6H13N/c12-11-10-7-3-5-8-4-1-2-6-9(8)10;7-6-4-2-1-3-5-6/h1-7H;6H,1-5,7H2. The van der Waals surface area contributed by atoms with Gasteiger partial charge >= 0.3 is 0 Å². The second-order valence-corrected chi connectivity index (χ2v) is 4.99. The lowest BCUT2D eigenvalue weighted by Crippen LogP contribution is -2.22. The molecule has 3 heteroatoms. The van der Waals surface area contributed by atoms with E-state index in [0.717, 1.165) is 10.8 Å². The van der Waals surface area contributed by atoms with Crippen LogP contribution in [0.5, 0.6) is 0 Å². The van der Waals surface area contributed by atoms with Gasteiger partial charge in [0.05, 0.1) is 0 Å². The molecule has 1 fully saturated rings. The van der Waals surface area contributed by atoms with Crippen molar-refractivity contribution in [1.29, 1.82) is 0 Å². The first-order valence-electron chi connectivity index (χ1n) is 6.88. The molecule has 0 bridgehead atoms. The molecule has 0 aromatic heterocycles. The summed E-state index contributed by atoms with van der Waals surface area (Å²) in [5.41, 5.74) is 6.14. The summed E-state index contributed by atoms with van der Waals surface area (Å²) in [6.07, 6.45) is 6.66. The van der Waals surface area contributed by atoms with Crippen LogP contribution in [0.1, 0.15) is 32.1 Å². The Kier molecular flexibility index (Phi) is 5.04. The Bertz CT molecular complexity index is 528. The number of nitroso groups, excluding NO2 is 1. The summed E-state index contributed by atoms with van der Waals surface area (Å²) in [5, 5.41) is 4.91. The smallest absolute Gasteiger partial charge is 0.115 e. The maximum absolute atomic E-state index is 10.4. The molecule has 0 heterocycles. The molecular formula is C16H20N2O. The molecule has 19 heavy (non-hydrogen) atoms. The Hall–Kier alpha value is -1.74. The van der Waals surface area contributed by atoms with Gasteiger partial charge in [-0.3, -0.25) is 0 Å². The zero-order chi connectivity index (χ0) is 13.5. The van der Waals surface area contributed by atoms with Crippen LogP contribution in [0.2, 0.25) is 0 Å². The molecule has 0 radical (unpaired) electrons. The highest BCUT2D eigenvalue weighted by Gasteiger charge is 2.06. The van der Waals surface area contributed by atoms with Crippen LogP contribution in [0, 0.1) is 4.91 Å². The zero-order valence-electron chi connectivity index (χ0n) is 11.1. The van der Waals surface area contributed by atoms with Crippen LogP contribution in [0.4, 0.5) is 5.69 Å². The van der Waals surface area contributed by atoms with Crippen molar-refractivity contribution in [2.75, 3.05) is 0 Å². The first-order chi connectivity index (χ1) is 9.31. The molecule has 1 saturated carbocycles. The van der Waals surface area contributed by atoms with Crippen LogP contribution < -0.4 is 5.73 Å². The number of fused-ring (bicyclic) bond motifs is 1. The van der Waals surface area contributed by atoms with E-state index in [1.54, 1.807) is 6.07 Å². The van der Waals surface area contributed by atoms with Crippen molar-refractivity contribution in [2.45, 2.75) is 38.1 Å². The van der Waals surface area contributed by atoms with Gasteiger partial charge in [-0.2, -0.15) is 0 Å². The van der Waals surface area contributed by atoms with E-state index in [1.165, 1.54) is 32.1 Å². The Morgan fingerprint density at radius 1 is 0.947 bits per heavy atom. The minimum atomic E-state index is 0.508. The fraction of sp³-hybridized carbons (Fsp3) is 0.375. The molecule has 3 rings (SSSR count). The van der Waals surface area contributed by atoms with Gasteiger partial charge in [0.25, 0.3) is 0 Å². The predicted octanol–water partition coefficient (Wildman–Crippen LogP) is 4.52. The van der Waals surface area contributed by atoms with Gasteiger partial charge in [0.1, 0.15) is 5.69 Å². The van der Waals surface area contributed by atoms with Crippen molar-refractivity contribution >= 4 is 16.5 Å². The molecule has 0 saturated heterocycles. The van der Waals surface area contributed by atoms with Crippen molar-refractivity contribution in [3.63, 3.8) is 0 Å². The van der Waals surface area contributed by atoms with Crippen molar-refractivity contribution in [2.24, 2.45) is 10.9 Å². The van der Waals surface area contributed by atoms with Crippen LogP contribution in [-0.4, -0.2) is 6.04 Å². The highest BCUT2D eigenvalue weighted by Crippen LogP contribution is 2.24. The third kappa shape index (κ3) is 3.86. The molecule has 0 amide bonds. The molecule has 2 aromatic rings. The van der Waals surface area contributed by atoms with Crippen molar-refractivity contribution in [3.8, 4) is 0 Å². The first-order valence-corrected chi connectivity index (χ1v) is 6.88. The van der Waals surface area contributed by atoms with E-state index in [4.69, 9.17) is 5.73 Å². The topological polar surface area (TPSA) is 55.5 Å². The normalized spacial score (nSPS) is 15.6. The van der Waals surface area contributed by atoms with Crippen LogP contribution in [0.3, 0.4) is 0 Å². The van der Waals surface area contributed by atoms with Gasteiger partial charge in [0, 0.05) is 11.4 Å². The average Bonchev–Trinajstić information content (AvgIpc) is 2.48. The number of nitrogens with zero attached hydrogens (tertiary/aromatic N) is 1. The lowest BCUT2D eigenvalue weighted by atomic mass is 9.97. The summed E-state index contributed by atoms with van der Waals surface area (Å²) < 4.78 is 0. The molecule has 0 aliphatic heterocycles. The number of hydrogen-bond acceptors (Lipinski definition) is 3. The van der Waals surface area contributed by atoms with Crippen LogP contribution >= 0.6 is 0 Å². The van der Waals surface area contributed by atoms with Crippen LogP contribution in [0.25, 0.3) is 10.8 Å². The van der Waals surface area contributed by atoms with Crippen LogP contribution in [0.15, 0.2) is 47.6 Å². The van der Waals surface area contributed by atoms with Gasteiger partial charge in [-0.1, -0.05) is 55.7 Å². The van der Waals surface area contributed by atoms with Crippen molar-refractivity contribution < 1.29 is 0 Å². The minimum absolute atomic E-state index is 0.508. The summed E-state index contributed by atoms with van der Waals surface area (Å²) in [6.45, 7) is 0. The Labute approximate surface area is 113 Å². The highest BCUT2D eigenvalue weighted by molar-refractivity contribution is 5.92. The summed E-state index contributed by atoms with van der Waals surface area (Å²) in [6, 6.07) is 13.7. The second kappa shape index (κ2) is 7.00. The summed E-state index contributed by atoms with van der Waals surface area (Å²) in [7, 11) is 0. The lowest BCUT2D eigenvalue weighted by molar-refractivity contribution is 0.441. The molecule has 2 aromatic carbocycles. The molecular weight excluding hydrogens is 236 g/mol. The van der Waals surface area contributed by atoms with E-state index in [2.05, 4.69) is 5.18 Å². The van der Waals surface area contributed by atoms with Gasteiger partial charge < -0.3 is 5.73 Å². The summed E-state index contributed by atoms with van der Waals surface area (Å²) in [4.78, 5) is 10.4. The van der Waals surface area contributed by atoms with E-state index in [0.29, 0.717) is 11.7 Å². The first kappa shape index (κ1) is 13.7. The molecule has 2 N–H and O–H groups in total. The fourth-order valence-corrected chi connectivity index (χ4v) is 2.42. The van der Waals surface area contributed by atoms with Crippen molar-refractivity contribution in [3.05, 3.63) is 47.4 Å². The van der Waals surface area contributed by atoms with Crippen LogP contribution in [-0.2, 0) is 0 Å². The zero-order valence-corrected chi connectivity index (χ0v) is 11.1. The maximum Gasteiger partial charge on any atom is 0.115 e. The second-order valence-electron chi connectivity index (χ2n) is 4.99. The third-order valence-corrected chi connectivity index (χ3v) is 3.51. The van der Waals surface area contributed by atoms with Gasteiger partial charge in [0.15, 0.2) is 0 Å². The predicted molar refractivity (Wildman–Crippen MR) is 80.5 cm³/mol. The Balaban J connectivity index is 0.000000163. The Morgan fingerprint density at radius 3 is 2.26 bits per heavy atom. The monoisotopic (exact) mass is 256 g/mol. The maximum atomic E-state index is 10.4. The lowest BCUT2D eigenvalue weighted by Gasteiger charge is -2.15. The summed E-state index contributed by atoms with van der Waals surface area (Å²) in [5.74, 6) is 0. The number of nitrogens with two attached hydrogens (primary N) is 1. The van der Waals surface area contributed by atoms with Crippen molar-refractivity contribution in [1.82, 2.24) is 0 Å². The minimum Gasteiger partial charge on any atom is -0.328 e. The van der Waals surface area contributed by atoms with Gasteiger partial charge in [-0.25, -0.2) is 0 Å². The molecule has 0 spiro atoms. The Morgan fingerprint density at radius 2 is 1.63 bits per heavy atom. The van der Waals surface area contributed by atoms with Gasteiger partial charge in [-0.15, -0.1) is 4.91 Å². The van der Waals surface area contributed by atoms with E-state index >= 15 is 0 Å². The van der Waals surface area contributed by atoms with E-state index < -0.39 is 0 Å². The SMILES string of the molecule is NC1CCCCC1.O=Nc1cccc2ccccc12. The van der Waals surface area contributed by atoms with E-state index in [1.807, 2.05) is 36.4 Å². The van der Waals surface area contributed by atoms with E-state index in [9.17, 15) is 4.91 Å². The number of benzene rings is 2. The summed E-state index contributed by atoms with van der Waals surface area (Å²) >= 11 is 0. The third-order valence-electron chi connectivity index (χ3n) is 3.51. The fourth-order valence-electron chi connectivity index (χ4n) is 2.42. The largest absolute Gasteiger partial charge is 0.328 e. The molecule has 100 valence electrons. The quantitative estimate of drug-likeness (QED) is 0.763. The average molecular weight is 256 g/mol. The molecule has 0 unspecified atom stereocenters. The van der Waals surface area contributed by atoms with E-state index in [-0.39, 0.29) is 0 Å². The highest BCUT2D eigenvalue weighted by atomic mass is 16.3. The molecule has 1 aliphatic carbocycles. The van der Waals surface area contributed by atoms with Gasteiger partial charge in [0.2, 0.25) is 0 Å².